The van der Waals surface area contributed by atoms with Crippen LogP contribution in [0.5, 0.6) is 0 Å². The Bertz CT molecular complexity index is 957. The van der Waals surface area contributed by atoms with Gasteiger partial charge in [0, 0.05) is 37.9 Å². The lowest BCUT2D eigenvalue weighted by Crippen LogP contribution is -2.57. The third kappa shape index (κ3) is 4.07. The number of pyridine rings is 1. The zero-order valence-corrected chi connectivity index (χ0v) is 16.7. The second kappa shape index (κ2) is 8.54. The quantitative estimate of drug-likeness (QED) is 0.702. The normalized spacial score (nSPS) is 18.3. The summed E-state index contributed by atoms with van der Waals surface area (Å²) in [6.07, 6.45) is 4.67. The zero-order chi connectivity index (χ0) is 22.0. The summed E-state index contributed by atoms with van der Waals surface area (Å²) >= 11 is 0. The monoisotopic (exact) mass is 433 g/mol. The maximum atomic E-state index is 13.3. The van der Waals surface area contributed by atoms with Gasteiger partial charge >= 0.3 is 0 Å². The van der Waals surface area contributed by atoms with Crippen molar-refractivity contribution in [3.05, 3.63) is 59.7 Å². The smallest absolute Gasteiger partial charge is 0.251 e. The first-order valence-electron chi connectivity index (χ1n) is 10.0. The molecule has 0 saturated carbocycles. The van der Waals surface area contributed by atoms with E-state index in [1.165, 1.54) is 0 Å². The first-order chi connectivity index (χ1) is 14.9. The van der Waals surface area contributed by atoms with Gasteiger partial charge in [0.2, 0.25) is 5.91 Å². The van der Waals surface area contributed by atoms with E-state index in [4.69, 9.17) is 0 Å². The number of carbonyl (C=O) groups is 2. The van der Waals surface area contributed by atoms with E-state index >= 15 is 0 Å². The summed E-state index contributed by atoms with van der Waals surface area (Å²) in [4.78, 5) is 33.1. The molecule has 2 fully saturated rings. The Morgan fingerprint density at radius 3 is 2.55 bits per heavy atom. The number of piperidine rings is 1. The molecule has 4 rings (SSSR count). The fourth-order valence-electron chi connectivity index (χ4n) is 4.20. The van der Waals surface area contributed by atoms with Crippen LogP contribution in [0.3, 0.4) is 0 Å². The summed E-state index contributed by atoms with van der Waals surface area (Å²) in [6, 6.07) is 5.11. The molecule has 1 aromatic heterocycles. The third-order valence-electron chi connectivity index (χ3n) is 5.94. The number of rotatable bonds is 5. The van der Waals surface area contributed by atoms with Crippen LogP contribution in [-0.2, 0) is 4.79 Å². The largest absolute Gasteiger partial charge is 0.351 e. The highest BCUT2D eigenvalue weighted by atomic mass is 19.2. The molecule has 0 atom stereocenters. The number of halogens is 3. The van der Waals surface area contributed by atoms with Crippen LogP contribution in [0.2, 0.25) is 0 Å². The Hall–Kier alpha value is -3.14. The summed E-state index contributed by atoms with van der Waals surface area (Å²) < 4.78 is 39.6. The zero-order valence-electron chi connectivity index (χ0n) is 16.7. The molecule has 10 heteroatoms. The van der Waals surface area contributed by atoms with Crippen molar-refractivity contribution in [3.8, 4) is 0 Å². The highest BCUT2D eigenvalue weighted by molar-refractivity contribution is 5.94. The minimum absolute atomic E-state index is 0.00432. The van der Waals surface area contributed by atoms with Crippen LogP contribution in [0.1, 0.15) is 23.2 Å². The van der Waals surface area contributed by atoms with E-state index in [9.17, 15) is 22.8 Å². The fourth-order valence-corrected chi connectivity index (χ4v) is 4.20. The number of likely N-dealkylation sites (tertiary alicyclic amines) is 1. The Kier molecular flexibility index (Phi) is 5.81. The van der Waals surface area contributed by atoms with Gasteiger partial charge in [0.25, 0.3) is 5.91 Å². The maximum absolute atomic E-state index is 13.3. The van der Waals surface area contributed by atoms with Crippen LogP contribution in [0.25, 0.3) is 0 Å². The predicted octanol–water partition coefficient (Wildman–Crippen LogP) is 1.66. The lowest BCUT2D eigenvalue weighted by molar-refractivity contribution is -0.125. The molecular weight excluding hydrogens is 411 g/mol. The molecule has 1 spiro atoms. The fraction of sp³-hybridized carbons (Fsp3) is 0.381. The van der Waals surface area contributed by atoms with Gasteiger partial charge in [-0.1, -0.05) is 0 Å². The van der Waals surface area contributed by atoms with Crippen LogP contribution in [0, 0.1) is 17.5 Å². The molecule has 2 aliphatic rings. The number of amides is 2. The number of aromatic nitrogens is 1. The van der Waals surface area contributed by atoms with Crippen LogP contribution < -0.4 is 15.5 Å². The summed E-state index contributed by atoms with van der Waals surface area (Å²) in [6.45, 7) is 2.51. The van der Waals surface area contributed by atoms with E-state index in [-0.39, 0.29) is 18.0 Å². The molecule has 3 heterocycles. The molecule has 31 heavy (non-hydrogen) atoms. The summed E-state index contributed by atoms with van der Waals surface area (Å²) in [7, 11) is 0. The first kappa shape index (κ1) is 21.1. The van der Waals surface area contributed by atoms with Crippen molar-refractivity contribution in [2.45, 2.75) is 18.4 Å². The number of nitrogens with one attached hydrogen (secondary N) is 2. The molecule has 7 nitrogen and oxygen atoms in total. The molecular formula is C21H22F3N5O2. The molecule has 1 aromatic carbocycles. The van der Waals surface area contributed by atoms with Gasteiger partial charge in [0.15, 0.2) is 17.5 Å². The Labute approximate surface area is 177 Å². The van der Waals surface area contributed by atoms with Crippen LogP contribution >= 0.6 is 0 Å². The van der Waals surface area contributed by atoms with Crippen LogP contribution in [-0.4, -0.2) is 60.1 Å². The molecule has 2 saturated heterocycles. The topological polar surface area (TPSA) is 77.6 Å². The molecule has 0 radical (unpaired) electrons. The Morgan fingerprint density at radius 1 is 1.19 bits per heavy atom. The van der Waals surface area contributed by atoms with Gasteiger partial charge in [0.05, 0.1) is 18.6 Å². The number of anilines is 1. The van der Waals surface area contributed by atoms with Gasteiger partial charge in [-0.3, -0.25) is 14.6 Å². The summed E-state index contributed by atoms with van der Waals surface area (Å²) in [5.74, 6) is -5.08. The minimum atomic E-state index is -1.60. The maximum Gasteiger partial charge on any atom is 0.251 e. The van der Waals surface area contributed by atoms with Crippen molar-refractivity contribution in [3.63, 3.8) is 0 Å². The summed E-state index contributed by atoms with van der Waals surface area (Å²) in [5, 5.41) is 5.52. The van der Waals surface area contributed by atoms with E-state index in [1.54, 1.807) is 12.4 Å². The van der Waals surface area contributed by atoms with Crippen molar-refractivity contribution in [1.29, 1.82) is 0 Å². The Morgan fingerprint density at radius 2 is 1.90 bits per heavy atom. The van der Waals surface area contributed by atoms with Crippen LogP contribution in [0.4, 0.5) is 18.9 Å². The van der Waals surface area contributed by atoms with Crippen molar-refractivity contribution >= 4 is 17.5 Å². The minimum Gasteiger partial charge on any atom is -0.351 e. The SMILES string of the molecule is O=C(NCCN1CCC2(CC1)C(=O)NCN2c1cccnc1)c1cc(F)c(F)c(F)c1. The predicted molar refractivity (Wildman–Crippen MR) is 107 cm³/mol. The molecule has 2 amide bonds. The van der Waals surface area contributed by atoms with Crippen molar-refractivity contribution in [2.24, 2.45) is 0 Å². The molecule has 0 bridgehead atoms. The lowest BCUT2D eigenvalue weighted by Gasteiger charge is -2.43. The van der Waals surface area contributed by atoms with E-state index in [0.717, 1.165) is 5.69 Å². The van der Waals surface area contributed by atoms with Gasteiger partial charge in [-0.15, -0.1) is 0 Å². The highest BCUT2D eigenvalue weighted by Crippen LogP contribution is 2.35. The van der Waals surface area contributed by atoms with Gasteiger partial charge in [-0.2, -0.15) is 0 Å². The number of hydrogen-bond acceptors (Lipinski definition) is 5. The number of hydrogen-bond donors (Lipinski definition) is 2. The number of nitrogens with zero attached hydrogens (tertiary/aromatic N) is 3. The lowest BCUT2D eigenvalue weighted by atomic mass is 9.85. The molecule has 2 aliphatic heterocycles. The molecule has 164 valence electrons. The standard InChI is InChI=1S/C21H22F3N5O2/c22-16-10-14(11-17(23)18(16)24)19(30)26-6-9-28-7-3-21(4-8-28)20(31)27-13-29(21)15-2-1-5-25-12-15/h1-2,5,10-12H,3-4,6-9,13H2,(H,26,30)(H,27,31). The highest BCUT2D eigenvalue weighted by Gasteiger charge is 2.50. The van der Waals surface area contributed by atoms with E-state index < -0.39 is 28.9 Å². The van der Waals surface area contributed by atoms with Crippen molar-refractivity contribution in [1.82, 2.24) is 20.5 Å². The Balaban J connectivity index is 1.31. The molecule has 2 N–H and O–H groups in total. The molecule has 0 aliphatic carbocycles. The second-order valence-electron chi connectivity index (χ2n) is 7.69. The second-order valence-corrected chi connectivity index (χ2v) is 7.69. The van der Waals surface area contributed by atoms with Gasteiger partial charge in [0.1, 0.15) is 5.54 Å². The van der Waals surface area contributed by atoms with Crippen molar-refractivity contribution in [2.75, 3.05) is 37.7 Å². The van der Waals surface area contributed by atoms with E-state index in [1.807, 2.05) is 12.1 Å². The molecule has 2 aromatic rings. The average Bonchev–Trinajstić information content (AvgIpc) is 3.09. The number of benzene rings is 1. The summed E-state index contributed by atoms with van der Waals surface area (Å²) in [5.41, 5.74) is -0.00423. The van der Waals surface area contributed by atoms with E-state index in [2.05, 4.69) is 25.4 Å². The van der Waals surface area contributed by atoms with E-state index in [0.29, 0.717) is 51.3 Å². The third-order valence-corrected chi connectivity index (χ3v) is 5.94. The first-order valence-corrected chi connectivity index (χ1v) is 10.0. The van der Waals surface area contributed by atoms with Crippen LogP contribution in [0.15, 0.2) is 36.7 Å². The van der Waals surface area contributed by atoms with Gasteiger partial charge in [-0.25, -0.2) is 13.2 Å². The van der Waals surface area contributed by atoms with Gasteiger partial charge in [-0.05, 0) is 37.1 Å². The number of carbonyl (C=O) groups excluding carboxylic acids is 2. The molecule has 0 unspecified atom stereocenters. The van der Waals surface area contributed by atoms with Crippen molar-refractivity contribution < 1.29 is 22.8 Å². The average molecular weight is 433 g/mol. The van der Waals surface area contributed by atoms with Gasteiger partial charge < -0.3 is 20.4 Å².